The molecule has 1 heterocycles. The van der Waals surface area contributed by atoms with Crippen molar-refractivity contribution in [3.05, 3.63) is 48.3 Å². The summed E-state index contributed by atoms with van der Waals surface area (Å²) in [5.41, 5.74) is 0.608. The summed E-state index contributed by atoms with van der Waals surface area (Å²) in [6.45, 7) is 1.60. The molecule has 0 saturated carbocycles. The summed E-state index contributed by atoms with van der Waals surface area (Å²) < 4.78 is 29.0. The van der Waals surface area contributed by atoms with Crippen LogP contribution >= 0.6 is 0 Å². The third-order valence-corrected chi connectivity index (χ3v) is 3.27. The fraction of sp³-hybridized carbons (Fsp3) is 0.235. The number of amides is 2. The maximum atomic E-state index is 12.8. The molecule has 6 nitrogen and oxygen atoms in total. The van der Waals surface area contributed by atoms with Gasteiger partial charge in [0.05, 0.1) is 6.54 Å². The molecule has 1 aliphatic rings. The van der Waals surface area contributed by atoms with Gasteiger partial charge in [0.15, 0.2) is 11.5 Å². The molecule has 0 fully saturated rings. The molecule has 2 aromatic rings. The van der Waals surface area contributed by atoms with Crippen LogP contribution in [0.2, 0.25) is 0 Å². The standard InChI is InChI=1S/C17H17FN2O4/c18-12-1-4-14(5-2-12)22-8-7-19-17(21)20-13-3-6-15-16(11-13)24-10-9-23-15/h1-6,11H,7-10H2,(H2,19,20,21). The van der Waals surface area contributed by atoms with E-state index in [0.717, 1.165) is 0 Å². The zero-order chi connectivity index (χ0) is 16.8. The van der Waals surface area contributed by atoms with Crippen LogP contribution in [-0.4, -0.2) is 32.4 Å². The Balaban J connectivity index is 1.41. The van der Waals surface area contributed by atoms with Crippen LogP contribution in [0.3, 0.4) is 0 Å². The zero-order valence-corrected chi connectivity index (χ0v) is 12.9. The Morgan fingerprint density at radius 2 is 1.83 bits per heavy atom. The predicted octanol–water partition coefficient (Wildman–Crippen LogP) is 2.80. The fourth-order valence-corrected chi connectivity index (χ4v) is 2.16. The number of hydrogen-bond donors (Lipinski definition) is 2. The third-order valence-electron chi connectivity index (χ3n) is 3.27. The van der Waals surface area contributed by atoms with Crippen LogP contribution in [-0.2, 0) is 0 Å². The van der Waals surface area contributed by atoms with Crippen molar-refractivity contribution < 1.29 is 23.4 Å². The minimum Gasteiger partial charge on any atom is -0.492 e. The van der Waals surface area contributed by atoms with Crippen molar-refractivity contribution >= 4 is 11.7 Å². The Morgan fingerprint density at radius 1 is 1.08 bits per heavy atom. The molecule has 126 valence electrons. The van der Waals surface area contributed by atoms with Gasteiger partial charge < -0.3 is 24.8 Å². The Hall–Kier alpha value is -2.96. The summed E-state index contributed by atoms with van der Waals surface area (Å²) in [6.07, 6.45) is 0. The van der Waals surface area contributed by atoms with Crippen LogP contribution in [0, 0.1) is 5.82 Å². The molecule has 0 unspecified atom stereocenters. The van der Waals surface area contributed by atoms with Crippen molar-refractivity contribution in [2.24, 2.45) is 0 Å². The number of halogens is 1. The van der Waals surface area contributed by atoms with Gasteiger partial charge in [0.2, 0.25) is 0 Å². The summed E-state index contributed by atoms with van der Waals surface area (Å²) >= 11 is 0. The number of nitrogens with one attached hydrogen (secondary N) is 2. The van der Waals surface area contributed by atoms with Gasteiger partial charge in [-0.25, -0.2) is 9.18 Å². The molecule has 0 radical (unpaired) electrons. The van der Waals surface area contributed by atoms with Crippen molar-refractivity contribution in [3.63, 3.8) is 0 Å². The van der Waals surface area contributed by atoms with Crippen LogP contribution in [0.4, 0.5) is 14.9 Å². The lowest BCUT2D eigenvalue weighted by Gasteiger charge is -2.19. The Bertz CT molecular complexity index is 706. The highest BCUT2D eigenvalue weighted by Gasteiger charge is 2.12. The number of benzene rings is 2. The number of anilines is 1. The number of urea groups is 1. The number of carbonyl (C=O) groups is 1. The minimum atomic E-state index is -0.352. The summed E-state index contributed by atoms with van der Waals surface area (Å²) in [4.78, 5) is 11.8. The molecular weight excluding hydrogens is 315 g/mol. The molecule has 2 N–H and O–H groups in total. The van der Waals surface area contributed by atoms with Gasteiger partial charge in [-0.3, -0.25) is 0 Å². The van der Waals surface area contributed by atoms with Gasteiger partial charge in [-0.15, -0.1) is 0 Å². The lowest BCUT2D eigenvalue weighted by molar-refractivity contribution is 0.171. The number of ether oxygens (including phenoxy) is 3. The van der Waals surface area contributed by atoms with Crippen molar-refractivity contribution in [3.8, 4) is 17.2 Å². The second kappa shape index (κ2) is 7.54. The van der Waals surface area contributed by atoms with Crippen molar-refractivity contribution in [2.45, 2.75) is 0 Å². The van der Waals surface area contributed by atoms with E-state index in [1.54, 1.807) is 18.2 Å². The summed E-state index contributed by atoms with van der Waals surface area (Å²) in [5, 5.41) is 5.38. The Morgan fingerprint density at radius 3 is 2.62 bits per heavy atom. The van der Waals surface area contributed by atoms with E-state index in [-0.39, 0.29) is 18.5 Å². The van der Waals surface area contributed by atoms with Crippen LogP contribution in [0.1, 0.15) is 0 Å². The molecule has 0 aromatic heterocycles. The van der Waals surface area contributed by atoms with E-state index in [9.17, 15) is 9.18 Å². The highest BCUT2D eigenvalue weighted by atomic mass is 19.1. The van der Waals surface area contributed by atoms with Crippen molar-refractivity contribution in [1.29, 1.82) is 0 Å². The molecule has 0 atom stereocenters. The van der Waals surface area contributed by atoms with Gasteiger partial charge in [0, 0.05) is 11.8 Å². The first-order chi connectivity index (χ1) is 11.7. The molecule has 2 amide bonds. The monoisotopic (exact) mass is 332 g/mol. The lowest BCUT2D eigenvalue weighted by Crippen LogP contribution is -2.32. The van der Waals surface area contributed by atoms with Crippen LogP contribution in [0.25, 0.3) is 0 Å². The van der Waals surface area contributed by atoms with E-state index in [1.165, 1.54) is 24.3 Å². The van der Waals surface area contributed by atoms with E-state index in [4.69, 9.17) is 14.2 Å². The highest BCUT2D eigenvalue weighted by Crippen LogP contribution is 2.32. The van der Waals surface area contributed by atoms with Crippen LogP contribution in [0.15, 0.2) is 42.5 Å². The predicted molar refractivity (Wildman–Crippen MR) is 86.3 cm³/mol. The SMILES string of the molecule is O=C(NCCOc1ccc(F)cc1)Nc1ccc2c(c1)OCCO2. The zero-order valence-electron chi connectivity index (χ0n) is 12.9. The van der Waals surface area contributed by atoms with Crippen molar-refractivity contribution in [2.75, 3.05) is 31.7 Å². The lowest BCUT2D eigenvalue weighted by atomic mass is 10.2. The van der Waals surface area contributed by atoms with Gasteiger partial charge in [-0.2, -0.15) is 0 Å². The average molecular weight is 332 g/mol. The maximum Gasteiger partial charge on any atom is 0.319 e. The number of hydrogen-bond acceptors (Lipinski definition) is 4. The molecule has 3 rings (SSSR count). The van der Waals surface area contributed by atoms with Gasteiger partial charge in [0.25, 0.3) is 0 Å². The normalized spacial score (nSPS) is 12.4. The smallest absolute Gasteiger partial charge is 0.319 e. The molecular formula is C17H17FN2O4. The van der Waals surface area contributed by atoms with Gasteiger partial charge in [-0.05, 0) is 36.4 Å². The number of carbonyl (C=O) groups excluding carboxylic acids is 1. The van der Waals surface area contributed by atoms with E-state index in [2.05, 4.69) is 10.6 Å². The minimum absolute atomic E-state index is 0.278. The molecule has 1 aliphatic heterocycles. The van der Waals surface area contributed by atoms with Gasteiger partial charge >= 0.3 is 6.03 Å². The largest absolute Gasteiger partial charge is 0.492 e. The van der Waals surface area contributed by atoms with E-state index >= 15 is 0 Å². The molecule has 0 saturated heterocycles. The first-order valence-corrected chi connectivity index (χ1v) is 7.53. The molecule has 2 aromatic carbocycles. The third kappa shape index (κ3) is 4.28. The summed E-state index contributed by atoms with van der Waals surface area (Å²) in [7, 11) is 0. The van der Waals surface area contributed by atoms with E-state index < -0.39 is 0 Å². The summed E-state index contributed by atoms with van der Waals surface area (Å²) in [6, 6.07) is 10.5. The molecule has 0 bridgehead atoms. The Kier molecular flexibility index (Phi) is 5.00. The fourth-order valence-electron chi connectivity index (χ4n) is 2.16. The van der Waals surface area contributed by atoms with Crippen LogP contribution in [0.5, 0.6) is 17.2 Å². The second-order valence-electron chi connectivity index (χ2n) is 5.04. The van der Waals surface area contributed by atoms with Crippen LogP contribution < -0.4 is 24.8 Å². The number of fused-ring (bicyclic) bond motifs is 1. The highest BCUT2D eigenvalue weighted by molar-refractivity contribution is 5.89. The molecule has 7 heteroatoms. The Labute approximate surface area is 138 Å². The second-order valence-corrected chi connectivity index (χ2v) is 5.04. The molecule has 0 aliphatic carbocycles. The average Bonchev–Trinajstić information content (AvgIpc) is 2.60. The first-order valence-electron chi connectivity index (χ1n) is 7.53. The summed E-state index contributed by atoms with van der Waals surface area (Å²) in [5.74, 6) is 1.50. The molecule has 24 heavy (non-hydrogen) atoms. The van der Waals surface area contributed by atoms with Crippen molar-refractivity contribution in [1.82, 2.24) is 5.32 Å². The topological polar surface area (TPSA) is 68.8 Å². The first kappa shape index (κ1) is 15.9. The van der Waals surface area contributed by atoms with Gasteiger partial charge in [-0.1, -0.05) is 0 Å². The van der Waals surface area contributed by atoms with E-state index in [0.29, 0.717) is 42.7 Å². The van der Waals surface area contributed by atoms with E-state index in [1.807, 2.05) is 0 Å². The molecule has 0 spiro atoms. The van der Waals surface area contributed by atoms with Gasteiger partial charge in [0.1, 0.15) is 31.4 Å². The quantitative estimate of drug-likeness (QED) is 0.826. The maximum absolute atomic E-state index is 12.8. The number of rotatable bonds is 5.